The molecule has 25 heavy (non-hydrogen) atoms. The van der Waals surface area contributed by atoms with E-state index < -0.39 is 29.4 Å². The summed E-state index contributed by atoms with van der Waals surface area (Å²) < 4.78 is 19.5. The summed E-state index contributed by atoms with van der Waals surface area (Å²) in [6, 6.07) is 4.40. The Kier molecular flexibility index (Phi) is 6.08. The van der Waals surface area contributed by atoms with Crippen molar-refractivity contribution in [1.29, 1.82) is 0 Å². The summed E-state index contributed by atoms with van der Waals surface area (Å²) in [5.74, 6) is -2.21. The van der Waals surface area contributed by atoms with Crippen LogP contribution < -0.4 is 0 Å². The number of hydrogen-bond donors (Lipinski definition) is 1. The molecule has 2 rings (SSSR count). The zero-order valence-electron chi connectivity index (χ0n) is 14.6. The fourth-order valence-corrected chi connectivity index (χ4v) is 3.56. The van der Waals surface area contributed by atoms with Crippen LogP contribution >= 0.6 is 15.9 Å². The maximum Gasteiger partial charge on any atom is 0.410 e. The van der Waals surface area contributed by atoms with E-state index in [4.69, 9.17) is 4.74 Å². The molecule has 1 fully saturated rings. The fraction of sp³-hybridized carbons (Fsp3) is 0.556. The van der Waals surface area contributed by atoms with Gasteiger partial charge in [-0.2, -0.15) is 0 Å². The van der Waals surface area contributed by atoms with Crippen LogP contribution in [0.3, 0.4) is 0 Å². The highest BCUT2D eigenvalue weighted by Gasteiger charge is 2.37. The minimum Gasteiger partial charge on any atom is -0.481 e. The first-order chi connectivity index (χ1) is 11.5. The highest BCUT2D eigenvalue weighted by molar-refractivity contribution is 9.10. The van der Waals surface area contributed by atoms with Gasteiger partial charge in [-0.25, -0.2) is 9.18 Å². The third kappa shape index (κ3) is 5.70. The molecule has 2 atom stereocenters. The maximum absolute atomic E-state index is 13.5. The number of halogens is 2. The quantitative estimate of drug-likeness (QED) is 0.803. The van der Waals surface area contributed by atoms with Gasteiger partial charge in [0, 0.05) is 17.6 Å². The normalized spacial score (nSPS) is 18.9. The smallest absolute Gasteiger partial charge is 0.410 e. The topological polar surface area (TPSA) is 66.8 Å². The van der Waals surface area contributed by atoms with Crippen LogP contribution in [0.5, 0.6) is 0 Å². The number of carbonyl (C=O) groups excluding carboxylic acids is 1. The van der Waals surface area contributed by atoms with Crippen molar-refractivity contribution in [3.05, 3.63) is 34.1 Å². The Morgan fingerprint density at radius 2 is 2.08 bits per heavy atom. The van der Waals surface area contributed by atoms with Crippen LogP contribution in [0, 0.1) is 17.7 Å². The van der Waals surface area contributed by atoms with Crippen molar-refractivity contribution >= 4 is 28.0 Å². The van der Waals surface area contributed by atoms with Crippen LogP contribution in [-0.2, 0) is 16.0 Å². The number of carboxylic acid groups (broad SMARTS) is 1. The predicted molar refractivity (Wildman–Crippen MR) is 94.8 cm³/mol. The molecule has 0 radical (unpaired) electrons. The van der Waals surface area contributed by atoms with Gasteiger partial charge in [-0.15, -0.1) is 0 Å². The van der Waals surface area contributed by atoms with E-state index in [2.05, 4.69) is 15.9 Å². The van der Waals surface area contributed by atoms with Crippen LogP contribution in [0.2, 0.25) is 0 Å². The highest BCUT2D eigenvalue weighted by atomic mass is 79.9. The Labute approximate surface area is 155 Å². The Hall–Kier alpha value is -1.63. The van der Waals surface area contributed by atoms with Crippen LogP contribution in [0.15, 0.2) is 22.7 Å². The zero-order chi connectivity index (χ0) is 18.8. The van der Waals surface area contributed by atoms with Crippen molar-refractivity contribution in [1.82, 2.24) is 4.90 Å². The molecule has 0 spiro atoms. The number of likely N-dealkylation sites (tertiary alicyclic amines) is 1. The van der Waals surface area contributed by atoms with E-state index in [0.29, 0.717) is 29.5 Å². The molecule has 1 N–H and O–H groups in total. The number of nitrogens with zero attached hydrogens (tertiary/aromatic N) is 1. The molecule has 0 aliphatic carbocycles. The van der Waals surface area contributed by atoms with E-state index in [0.717, 1.165) is 0 Å². The Morgan fingerprint density at radius 1 is 1.40 bits per heavy atom. The number of amides is 1. The lowest BCUT2D eigenvalue weighted by atomic mass is 9.86. The van der Waals surface area contributed by atoms with E-state index in [9.17, 15) is 19.1 Å². The molecule has 1 amide bonds. The van der Waals surface area contributed by atoms with Gasteiger partial charge in [-0.3, -0.25) is 4.79 Å². The number of aliphatic carboxylic acids is 1. The molecule has 1 aromatic carbocycles. The lowest BCUT2D eigenvalue weighted by Crippen LogP contribution is -2.36. The van der Waals surface area contributed by atoms with Crippen molar-refractivity contribution in [3.8, 4) is 0 Å². The number of carbonyl (C=O) groups is 2. The van der Waals surface area contributed by atoms with Crippen molar-refractivity contribution in [2.24, 2.45) is 11.8 Å². The SMILES string of the molecule is CC(C)(C)OC(=O)N1CC[C@H](C(Cc2cc(F)cc(Br)c2)C(=O)O)C1. The third-order valence-corrected chi connectivity index (χ3v) is 4.60. The lowest BCUT2D eigenvalue weighted by Gasteiger charge is -2.25. The number of ether oxygens (including phenoxy) is 1. The fourth-order valence-electron chi connectivity index (χ4n) is 3.05. The molecule has 138 valence electrons. The molecule has 1 aliphatic rings. The minimum absolute atomic E-state index is 0.188. The second-order valence-corrected chi connectivity index (χ2v) is 8.32. The Balaban J connectivity index is 2.06. The summed E-state index contributed by atoms with van der Waals surface area (Å²) in [5.41, 5.74) is 0.0323. The highest BCUT2D eigenvalue weighted by Crippen LogP contribution is 2.29. The van der Waals surface area contributed by atoms with Crippen LogP contribution in [0.4, 0.5) is 9.18 Å². The number of benzene rings is 1. The van der Waals surface area contributed by atoms with Gasteiger partial charge in [0.2, 0.25) is 0 Å². The van der Waals surface area contributed by atoms with Crippen molar-refractivity contribution < 1.29 is 23.8 Å². The van der Waals surface area contributed by atoms with Crippen molar-refractivity contribution in [2.45, 2.75) is 39.2 Å². The molecule has 1 heterocycles. The van der Waals surface area contributed by atoms with Crippen LogP contribution in [0.1, 0.15) is 32.8 Å². The average Bonchev–Trinajstić information content (AvgIpc) is 2.91. The van der Waals surface area contributed by atoms with E-state index in [-0.39, 0.29) is 12.3 Å². The van der Waals surface area contributed by atoms with Gasteiger partial charge < -0.3 is 14.7 Å². The number of rotatable bonds is 4. The minimum atomic E-state index is -0.934. The predicted octanol–water partition coefficient (Wildman–Crippen LogP) is 4.09. The van der Waals surface area contributed by atoms with E-state index in [1.54, 1.807) is 31.7 Å². The summed E-state index contributed by atoms with van der Waals surface area (Å²) in [4.78, 5) is 25.4. The molecule has 5 nitrogen and oxygen atoms in total. The second kappa shape index (κ2) is 7.72. The number of hydrogen-bond acceptors (Lipinski definition) is 3. The summed E-state index contributed by atoms with van der Waals surface area (Å²) in [6.45, 7) is 6.18. The average molecular weight is 416 g/mol. The van der Waals surface area contributed by atoms with E-state index >= 15 is 0 Å². The van der Waals surface area contributed by atoms with Gasteiger partial charge in [0.05, 0.1) is 5.92 Å². The van der Waals surface area contributed by atoms with Gasteiger partial charge in [0.15, 0.2) is 0 Å². The molecule has 1 unspecified atom stereocenters. The Morgan fingerprint density at radius 3 is 2.64 bits per heavy atom. The molecule has 7 heteroatoms. The third-order valence-electron chi connectivity index (χ3n) is 4.14. The standard InChI is InChI=1S/C18H23BrFNO4/c1-18(2,3)25-17(24)21-5-4-12(10-21)15(16(22)23)8-11-6-13(19)9-14(20)7-11/h6-7,9,12,15H,4-5,8,10H2,1-3H3,(H,22,23)/t12-,15?/m0/s1. The monoisotopic (exact) mass is 415 g/mol. The van der Waals surface area contributed by atoms with Crippen molar-refractivity contribution in [3.63, 3.8) is 0 Å². The number of carboxylic acids is 1. The van der Waals surface area contributed by atoms with Gasteiger partial charge in [-0.05, 0) is 63.3 Å². The second-order valence-electron chi connectivity index (χ2n) is 7.40. The summed E-state index contributed by atoms with van der Waals surface area (Å²) in [6.07, 6.45) is 0.387. The molecule has 1 aliphatic heterocycles. The van der Waals surface area contributed by atoms with E-state index in [1.165, 1.54) is 12.1 Å². The first-order valence-corrected chi connectivity index (χ1v) is 9.00. The molecule has 0 saturated carbocycles. The lowest BCUT2D eigenvalue weighted by molar-refractivity contribution is -0.143. The van der Waals surface area contributed by atoms with E-state index in [1.807, 2.05) is 0 Å². The molecule has 1 saturated heterocycles. The van der Waals surface area contributed by atoms with Crippen LogP contribution in [0.25, 0.3) is 0 Å². The largest absolute Gasteiger partial charge is 0.481 e. The molecular weight excluding hydrogens is 393 g/mol. The molecule has 0 bridgehead atoms. The Bertz CT molecular complexity index is 639. The molecular formula is C18H23BrFNO4. The summed E-state index contributed by atoms with van der Waals surface area (Å²) >= 11 is 3.22. The molecule has 1 aromatic rings. The summed E-state index contributed by atoms with van der Waals surface area (Å²) in [7, 11) is 0. The van der Waals surface area contributed by atoms with Gasteiger partial charge in [0.25, 0.3) is 0 Å². The van der Waals surface area contributed by atoms with Crippen molar-refractivity contribution in [2.75, 3.05) is 13.1 Å². The zero-order valence-corrected chi connectivity index (χ0v) is 16.2. The maximum atomic E-state index is 13.5. The van der Waals surface area contributed by atoms with Gasteiger partial charge in [0.1, 0.15) is 11.4 Å². The molecule has 0 aromatic heterocycles. The first kappa shape index (κ1) is 19.7. The summed E-state index contributed by atoms with van der Waals surface area (Å²) in [5, 5.41) is 9.60. The first-order valence-electron chi connectivity index (χ1n) is 8.21. The van der Waals surface area contributed by atoms with Crippen LogP contribution in [-0.4, -0.2) is 40.8 Å². The van der Waals surface area contributed by atoms with Gasteiger partial charge >= 0.3 is 12.1 Å². The van der Waals surface area contributed by atoms with Gasteiger partial charge in [-0.1, -0.05) is 15.9 Å².